The molecule has 1 saturated heterocycles. The molecule has 4 rings (SSSR count). The molecule has 0 spiro atoms. The van der Waals surface area contributed by atoms with Gasteiger partial charge >= 0.3 is 0 Å². The summed E-state index contributed by atoms with van der Waals surface area (Å²) in [4.78, 5) is 10.6. The zero-order chi connectivity index (χ0) is 19.4. The van der Waals surface area contributed by atoms with Gasteiger partial charge in [0.2, 0.25) is 0 Å². The van der Waals surface area contributed by atoms with E-state index in [9.17, 15) is 0 Å². The van der Waals surface area contributed by atoms with Crippen molar-refractivity contribution in [1.82, 2.24) is 24.5 Å². The Hall–Kier alpha value is -2.93. The zero-order valence-electron chi connectivity index (χ0n) is 15.2. The summed E-state index contributed by atoms with van der Waals surface area (Å²) in [6.07, 6.45) is 2.49. The Balaban J connectivity index is 1.49. The SMILES string of the molecule is COC1(C#Cc2ccccn2)CCN(c2ccc(-c3nc(CO)ns3)nn2)C1. The number of anilines is 1. The van der Waals surface area contributed by atoms with Crippen LogP contribution in [0.3, 0.4) is 0 Å². The van der Waals surface area contributed by atoms with E-state index in [2.05, 4.69) is 41.3 Å². The highest BCUT2D eigenvalue weighted by Crippen LogP contribution is 2.28. The molecule has 0 amide bonds. The smallest absolute Gasteiger partial charge is 0.168 e. The largest absolute Gasteiger partial charge is 0.388 e. The van der Waals surface area contributed by atoms with Crippen LogP contribution in [0.4, 0.5) is 5.82 Å². The summed E-state index contributed by atoms with van der Waals surface area (Å²) in [5.74, 6) is 7.50. The first-order valence-corrected chi connectivity index (χ1v) is 9.50. The molecule has 1 fully saturated rings. The van der Waals surface area contributed by atoms with E-state index in [1.165, 1.54) is 11.5 Å². The van der Waals surface area contributed by atoms with Gasteiger partial charge in [-0.15, -0.1) is 10.2 Å². The Labute approximate surface area is 166 Å². The van der Waals surface area contributed by atoms with Crippen LogP contribution in [0, 0.1) is 11.8 Å². The minimum absolute atomic E-state index is 0.186. The Morgan fingerprint density at radius 3 is 2.89 bits per heavy atom. The van der Waals surface area contributed by atoms with Crippen molar-refractivity contribution < 1.29 is 9.84 Å². The van der Waals surface area contributed by atoms with Crippen molar-refractivity contribution in [3.8, 4) is 22.5 Å². The van der Waals surface area contributed by atoms with Crippen molar-refractivity contribution >= 4 is 17.4 Å². The molecular weight excluding hydrogens is 376 g/mol. The van der Waals surface area contributed by atoms with Crippen LogP contribution in [-0.2, 0) is 11.3 Å². The first kappa shape index (κ1) is 18.4. The highest BCUT2D eigenvalue weighted by atomic mass is 32.1. The van der Waals surface area contributed by atoms with Crippen LogP contribution in [0.5, 0.6) is 0 Å². The van der Waals surface area contributed by atoms with Gasteiger partial charge in [0.05, 0.1) is 6.54 Å². The van der Waals surface area contributed by atoms with Crippen LogP contribution < -0.4 is 4.90 Å². The van der Waals surface area contributed by atoms with Crippen LogP contribution in [-0.4, -0.2) is 55.4 Å². The second-order valence-corrected chi connectivity index (χ2v) is 7.04. The topological polar surface area (TPSA) is 97.2 Å². The van der Waals surface area contributed by atoms with Gasteiger partial charge in [-0.1, -0.05) is 12.0 Å². The summed E-state index contributed by atoms with van der Waals surface area (Å²) in [7, 11) is 1.68. The molecule has 28 heavy (non-hydrogen) atoms. The Morgan fingerprint density at radius 2 is 2.21 bits per heavy atom. The lowest BCUT2D eigenvalue weighted by molar-refractivity contribution is 0.0602. The standard InChI is InChI=1S/C19H18N6O2S/c1-27-19(8-7-14-4-2-3-10-20-14)9-11-25(13-19)17-6-5-15(22-23-17)18-21-16(12-26)24-28-18/h2-6,10,26H,9,11-13H2,1H3. The number of aliphatic hydroxyl groups is 1. The molecule has 0 aromatic carbocycles. The Bertz CT molecular complexity index is 999. The van der Waals surface area contributed by atoms with Gasteiger partial charge in [0.1, 0.15) is 23.6 Å². The molecule has 1 atom stereocenters. The molecule has 0 bridgehead atoms. The van der Waals surface area contributed by atoms with Gasteiger partial charge in [0, 0.05) is 26.3 Å². The quantitative estimate of drug-likeness (QED) is 0.666. The van der Waals surface area contributed by atoms with Gasteiger partial charge in [-0.05, 0) is 41.7 Å². The lowest BCUT2D eigenvalue weighted by atomic mass is 10.0. The maximum absolute atomic E-state index is 9.09. The van der Waals surface area contributed by atoms with Gasteiger partial charge in [-0.3, -0.25) is 0 Å². The number of rotatable bonds is 4. The number of aromatic nitrogens is 5. The lowest BCUT2D eigenvalue weighted by Crippen LogP contribution is -2.34. The fourth-order valence-electron chi connectivity index (χ4n) is 2.94. The third-order valence-corrected chi connectivity index (χ3v) is 5.28. The molecule has 1 aliphatic heterocycles. The molecule has 8 nitrogen and oxygen atoms in total. The third-order valence-electron chi connectivity index (χ3n) is 4.51. The molecular formula is C19H18N6O2S. The summed E-state index contributed by atoms with van der Waals surface area (Å²) >= 11 is 1.19. The van der Waals surface area contributed by atoms with E-state index in [0.717, 1.165) is 24.5 Å². The van der Waals surface area contributed by atoms with Gasteiger partial charge in [0.15, 0.2) is 16.6 Å². The van der Waals surface area contributed by atoms with E-state index in [1.807, 2.05) is 30.3 Å². The number of ether oxygens (including phenoxy) is 1. The summed E-state index contributed by atoms with van der Waals surface area (Å²) in [5.41, 5.74) is 0.793. The van der Waals surface area contributed by atoms with Crippen LogP contribution in [0.1, 0.15) is 17.9 Å². The second kappa shape index (κ2) is 7.98. The molecule has 0 saturated carbocycles. The third kappa shape index (κ3) is 3.84. The lowest BCUT2D eigenvalue weighted by Gasteiger charge is -2.22. The maximum atomic E-state index is 9.09. The molecule has 1 N–H and O–H groups in total. The first-order chi connectivity index (χ1) is 13.7. The van der Waals surface area contributed by atoms with Crippen LogP contribution in [0.25, 0.3) is 10.7 Å². The summed E-state index contributed by atoms with van der Waals surface area (Å²) in [6, 6.07) is 9.42. The minimum Gasteiger partial charge on any atom is -0.388 e. The summed E-state index contributed by atoms with van der Waals surface area (Å²) in [6.45, 7) is 1.19. The van der Waals surface area contributed by atoms with E-state index >= 15 is 0 Å². The molecule has 0 aliphatic carbocycles. The zero-order valence-corrected chi connectivity index (χ0v) is 16.1. The number of hydrogen-bond donors (Lipinski definition) is 1. The highest BCUT2D eigenvalue weighted by Gasteiger charge is 2.37. The van der Waals surface area contributed by atoms with E-state index in [4.69, 9.17) is 9.84 Å². The van der Waals surface area contributed by atoms with Crippen LogP contribution in [0.15, 0.2) is 36.5 Å². The molecule has 1 aliphatic rings. The van der Waals surface area contributed by atoms with Crippen molar-refractivity contribution in [3.63, 3.8) is 0 Å². The number of methoxy groups -OCH3 is 1. The fourth-order valence-corrected chi connectivity index (χ4v) is 3.58. The van der Waals surface area contributed by atoms with E-state index in [-0.39, 0.29) is 6.61 Å². The minimum atomic E-state index is -0.562. The second-order valence-electron chi connectivity index (χ2n) is 6.29. The number of nitrogens with zero attached hydrogens (tertiary/aromatic N) is 6. The van der Waals surface area contributed by atoms with Crippen molar-refractivity contribution in [2.24, 2.45) is 0 Å². The fraction of sp³-hybridized carbons (Fsp3) is 0.316. The molecule has 1 unspecified atom stereocenters. The van der Waals surface area contributed by atoms with Crippen molar-refractivity contribution in [2.75, 3.05) is 25.1 Å². The summed E-state index contributed by atoms with van der Waals surface area (Å²) in [5, 5.41) is 18.3. The predicted molar refractivity (Wildman–Crippen MR) is 105 cm³/mol. The first-order valence-electron chi connectivity index (χ1n) is 8.73. The van der Waals surface area contributed by atoms with Crippen molar-refractivity contribution in [1.29, 1.82) is 0 Å². The molecule has 4 heterocycles. The number of pyridine rings is 1. The number of aliphatic hydroxyl groups excluding tert-OH is 1. The normalized spacial score (nSPS) is 18.7. The van der Waals surface area contributed by atoms with Gasteiger partial charge < -0.3 is 14.7 Å². The molecule has 3 aromatic heterocycles. The Kier molecular flexibility index (Phi) is 5.25. The van der Waals surface area contributed by atoms with Crippen molar-refractivity contribution in [3.05, 3.63) is 48.0 Å². The molecule has 0 radical (unpaired) electrons. The molecule has 142 valence electrons. The van der Waals surface area contributed by atoms with E-state index in [1.54, 1.807) is 13.3 Å². The van der Waals surface area contributed by atoms with E-state index in [0.29, 0.717) is 23.1 Å². The highest BCUT2D eigenvalue weighted by molar-refractivity contribution is 7.09. The Morgan fingerprint density at radius 1 is 1.29 bits per heavy atom. The molecule has 3 aromatic rings. The van der Waals surface area contributed by atoms with Gasteiger partial charge in [0.25, 0.3) is 0 Å². The van der Waals surface area contributed by atoms with Crippen LogP contribution >= 0.6 is 11.5 Å². The van der Waals surface area contributed by atoms with Crippen molar-refractivity contribution in [2.45, 2.75) is 18.6 Å². The molecule has 9 heteroatoms. The van der Waals surface area contributed by atoms with Crippen LogP contribution in [0.2, 0.25) is 0 Å². The average molecular weight is 394 g/mol. The average Bonchev–Trinajstić information content (AvgIpc) is 3.41. The van der Waals surface area contributed by atoms with Gasteiger partial charge in [-0.25, -0.2) is 9.97 Å². The monoisotopic (exact) mass is 394 g/mol. The number of hydrogen-bond acceptors (Lipinski definition) is 9. The maximum Gasteiger partial charge on any atom is 0.168 e. The van der Waals surface area contributed by atoms with Gasteiger partial charge in [-0.2, -0.15) is 4.37 Å². The summed E-state index contributed by atoms with van der Waals surface area (Å²) < 4.78 is 9.80. The van der Waals surface area contributed by atoms with E-state index < -0.39 is 5.60 Å². The predicted octanol–water partition coefficient (Wildman–Crippen LogP) is 1.53.